The number of para-hydroxylation sites is 1. The number of carbonyl (C=O) groups is 5. The number of hydrogen-bond acceptors (Lipinski definition) is 12. The Labute approximate surface area is 459 Å². The summed E-state index contributed by atoms with van der Waals surface area (Å²) >= 11 is 1.45. The van der Waals surface area contributed by atoms with Crippen molar-refractivity contribution in [2.24, 2.45) is 30.2 Å². The molecule has 0 radical (unpaired) electrons. The zero-order valence-corrected chi connectivity index (χ0v) is 45.7. The van der Waals surface area contributed by atoms with Gasteiger partial charge in [0.05, 0.1) is 27.3 Å². The zero-order chi connectivity index (χ0) is 53.9. The summed E-state index contributed by atoms with van der Waals surface area (Å²) in [7, 11) is 1.81. The third-order valence-electron chi connectivity index (χ3n) is 17.3. The number of allylic oxidation sites excluding steroid dienone is 2. The molecule has 3 aromatic carbocycles. The van der Waals surface area contributed by atoms with Crippen LogP contribution in [0.5, 0.6) is 0 Å². The number of fused-ring (bicyclic) bond motifs is 3. The number of piperidine rings is 1. The molecule has 12 rings (SSSR count). The predicted octanol–water partition coefficient (Wildman–Crippen LogP) is 10.6. The minimum absolute atomic E-state index is 0.0510. The van der Waals surface area contributed by atoms with Crippen molar-refractivity contribution >= 4 is 90.4 Å². The first-order chi connectivity index (χ1) is 37.9. The Balaban J connectivity index is 0.693. The van der Waals surface area contributed by atoms with Crippen LogP contribution in [0.15, 0.2) is 78.5 Å². The number of unbranched alkanes of at least 4 members (excludes halogenated alkanes) is 6. The maximum Gasteiger partial charge on any atom is 0.270 e. The lowest BCUT2D eigenvalue weighted by Crippen LogP contribution is -2.50. The fourth-order valence-corrected chi connectivity index (χ4v) is 14.6. The molecule has 1 atom stereocenters. The van der Waals surface area contributed by atoms with Crippen LogP contribution in [0.25, 0.3) is 26.7 Å². The molecular weight excluding hydrogens is 999 g/mol. The molecule has 2 aliphatic heterocycles. The Bertz CT molecular complexity index is 3270. The van der Waals surface area contributed by atoms with Gasteiger partial charge in [0.2, 0.25) is 17.7 Å². The minimum Gasteiger partial charge on any atom is -0.387 e. The molecule has 1 unspecified atom stereocenters. The summed E-state index contributed by atoms with van der Waals surface area (Å²) < 4.78 is 2.72. The van der Waals surface area contributed by atoms with E-state index in [1.807, 2.05) is 80.7 Å². The topological polar surface area (TPSA) is 216 Å². The number of rotatable bonds is 21. The molecule has 406 valence electrons. The maximum absolute atomic E-state index is 14.4. The fourth-order valence-electron chi connectivity index (χ4n) is 13.8. The van der Waals surface area contributed by atoms with Gasteiger partial charge in [-0.1, -0.05) is 67.7 Å². The molecule has 4 aliphatic carbocycles. The van der Waals surface area contributed by atoms with Crippen molar-refractivity contribution in [3.05, 3.63) is 112 Å². The zero-order valence-electron chi connectivity index (χ0n) is 44.8. The van der Waals surface area contributed by atoms with E-state index in [-0.39, 0.29) is 41.7 Å². The number of anilines is 3. The Kier molecular flexibility index (Phi) is 15.5. The Hall–Kier alpha value is -7.27. The number of pyridine rings is 1. The third-order valence-corrected chi connectivity index (χ3v) is 18.2. The number of benzene rings is 3. The molecule has 0 spiro atoms. The summed E-state index contributed by atoms with van der Waals surface area (Å²) in [6.07, 6.45) is 17.7. The van der Waals surface area contributed by atoms with Gasteiger partial charge in [0, 0.05) is 85.8 Å². The molecular formula is C61H71N11O5S. The molecule has 5 amide bonds. The van der Waals surface area contributed by atoms with Crippen LogP contribution in [-0.2, 0) is 34.4 Å². The van der Waals surface area contributed by atoms with E-state index in [0.717, 1.165) is 107 Å². The second kappa shape index (κ2) is 23.0. The van der Waals surface area contributed by atoms with E-state index in [4.69, 9.17) is 10.4 Å². The van der Waals surface area contributed by atoms with Crippen LogP contribution >= 0.6 is 11.3 Å². The Morgan fingerprint density at radius 3 is 2.33 bits per heavy atom. The smallest absolute Gasteiger partial charge is 0.270 e. The summed E-state index contributed by atoms with van der Waals surface area (Å²) in [6, 6.07) is 23.2. The minimum atomic E-state index is -0.487. The lowest BCUT2D eigenvalue weighted by molar-refractivity contribution is -0.134. The first-order valence-corrected chi connectivity index (χ1v) is 29.1. The summed E-state index contributed by atoms with van der Waals surface area (Å²) in [6.45, 7) is 4.51. The van der Waals surface area contributed by atoms with Crippen LogP contribution in [0, 0.1) is 28.6 Å². The van der Waals surface area contributed by atoms with Gasteiger partial charge in [-0.2, -0.15) is 5.10 Å². The molecule has 6 aliphatic rings. The molecule has 17 heteroatoms. The van der Waals surface area contributed by atoms with E-state index in [2.05, 4.69) is 47.6 Å². The molecule has 6 N–H and O–H groups in total. The molecule has 1 saturated heterocycles. The van der Waals surface area contributed by atoms with E-state index in [1.54, 1.807) is 4.68 Å². The van der Waals surface area contributed by atoms with Crippen LogP contribution < -0.4 is 31.5 Å². The van der Waals surface area contributed by atoms with Crippen molar-refractivity contribution in [1.82, 2.24) is 35.7 Å². The van der Waals surface area contributed by atoms with Gasteiger partial charge in [-0.25, -0.2) is 9.97 Å². The molecule has 5 fully saturated rings. The Morgan fingerprint density at radius 2 is 1.58 bits per heavy atom. The number of thiazole rings is 1. The average Bonchev–Trinajstić information content (AvgIpc) is 4.13. The monoisotopic (exact) mass is 1070 g/mol. The SMILES string of the molecule is C/C(NCC12CC3CC(CC(C3)C1)C2)=C(/C=N)c1ccc(N2CCc3cccc(C(=O)Nc4nc5ccccc5s4)c3C2)nc1C(=O)NCCCCCCCCCC(=O)Nc1ccc2c(C3CCC(=O)NC3=O)nn(C)c2c1. The van der Waals surface area contributed by atoms with Crippen LogP contribution in [-0.4, -0.2) is 75.1 Å². The number of carbonyl (C=O) groups excluding carboxylic acids is 5. The van der Waals surface area contributed by atoms with Crippen LogP contribution in [0.3, 0.4) is 0 Å². The lowest BCUT2D eigenvalue weighted by atomic mass is 9.49. The second-order valence-corrected chi connectivity index (χ2v) is 23.9. The number of imide groups is 1. The van der Waals surface area contributed by atoms with Crippen molar-refractivity contribution in [2.75, 3.05) is 35.2 Å². The lowest BCUT2D eigenvalue weighted by Gasteiger charge is -2.57. The van der Waals surface area contributed by atoms with Gasteiger partial charge < -0.3 is 26.3 Å². The second-order valence-electron chi connectivity index (χ2n) is 22.8. The van der Waals surface area contributed by atoms with E-state index in [1.165, 1.54) is 56.1 Å². The molecule has 16 nitrogen and oxygen atoms in total. The molecule has 4 bridgehead atoms. The van der Waals surface area contributed by atoms with E-state index < -0.39 is 5.92 Å². The molecule has 5 heterocycles. The quantitative estimate of drug-likeness (QED) is 0.0228. The number of hydrogen-bond donors (Lipinski definition) is 6. The highest BCUT2D eigenvalue weighted by Crippen LogP contribution is 2.60. The van der Waals surface area contributed by atoms with Crippen LogP contribution in [0.1, 0.15) is 159 Å². The largest absolute Gasteiger partial charge is 0.387 e. The first kappa shape index (κ1) is 52.8. The van der Waals surface area contributed by atoms with Gasteiger partial charge in [0.15, 0.2) is 5.13 Å². The van der Waals surface area contributed by atoms with Crippen molar-refractivity contribution < 1.29 is 24.0 Å². The first-order valence-electron chi connectivity index (χ1n) is 28.3. The molecule has 6 aromatic rings. The van der Waals surface area contributed by atoms with Crippen molar-refractivity contribution in [3.8, 4) is 0 Å². The van der Waals surface area contributed by atoms with Crippen molar-refractivity contribution in [3.63, 3.8) is 0 Å². The third kappa shape index (κ3) is 11.5. The van der Waals surface area contributed by atoms with Gasteiger partial charge >= 0.3 is 0 Å². The normalized spacial score (nSPS) is 21.7. The molecule has 3 aromatic heterocycles. The summed E-state index contributed by atoms with van der Waals surface area (Å²) in [5, 5.41) is 30.1. The van der Waals surface area contributed by atoms with Crippen LogP contribution in [0.2, 0.25) is 0 Å². The highest BCUT2D eigenvalue weighted by Gasteiger charge is 2.50. The fraction of sp³-hybridized carbons (Fsp3) is 0.459. The van der Waals surface area contributed by atoms with Gasteiger partial charge in [0.25, 0.3) is 11.8 Å². The van der Waals surface area contributed by atoms with Gasteiger partial charge in [-0.3, -0.25) is 39.3 Å². The average molecular weight is 1070 g/mol. The number of nitrogens with one attached hydrogen (secondary N) is 6. The standard InChI is InChI=1S/C61H71N11O5S/c1-37(64-36-61-31-38-27-39(32-61)29-40(28-38)33-61)47(34-62)43-20-22-52(72-26-24-41-13-12-14-44(48(41)35-72)57(75)69-60-66-49-15-9-10-16-51(49)78-60)67-56(43)59(77)63-25-11-7-5-3-4-6-8-17-53(73)65-42-18-19-45-50(30-42)71(2)70-55(45)46-21-23-54(74)68-58(46)76/h9-10,12-16,18-20,22,30,34,38-40,46,62,64H,3-8,11,17,21,23-29,31-33,35-36H2,1-2H3,(H,63,77)(H,65,73)(H,66,69,75)(H,68,74,76)/b47-37+,62-34?. The summed E-state index contributed by atoms with van der Waals surface area (Å²) in [4.78, 5) is 77.4. The van der Waals surface area contributed by atoms with Crippen LogP contribution in [0.4, 0.5) is 16.6 Å². The Morgan fingerprint density at radius 1 is 0.821 bits per heavy atom. The van der Waals surface area contributed by atoms with Gasteiger partial charge in [-0.15, -0.1) is 0 Å². The summed E-state index contributed by atoms with van der Waals surface area (Å²) in [5.41, 5.74) is 8.33. The van der Waals surface area contributed by atoms with Crippen molar-refractivity contribution in [2.45, 2.75) is 129 Å². The van der Waals surface area contributed by atoms with E-state index >= 15 is 0 Å². The number of aryl methyl sites for hydroxylation is 1. The molecule has 4 saturated carbocycles. The predicted molar refractivity (Wildman–Crippen MR) is 307 cm³/mol. The number of nitrogens with zero attached hydrogens (tertiary/aromatic N) is 5. The molecule has 78 heavy (non-hydrogen) atoms. The highest BCUT2D eigenvalue weighted by molar-refractivity contribution is 7.22. The van der Waals surface area contributed by atoms with E-state index in [0.29, 0.717) is 83.3 Å². The highest BCUT2D eigenvalue weighted by atomic mass is 32.1. The number of amides is 5. The van der Waals surface area contributed by atoms with Crippen molar-refractivity contribution in [1.29, 1.82) is 5.41 Å². The number of aromatic nitrogens is 4. The van der Waals surface area contributed by atoms with E-state index in [9.17, 15) is 24.0 Å². The summed E-state index contributed by atoms with van der Waals surface area (Å²) in [5.74, 6) is 1.54. The van der Waals surface area contributed by atoms with Gasteiger partial charge in [-0.05, 0) is 154 Å². The van der Waals surface area contributed by atoms with Gasteiger partial charge in [0.1, 0.15) is 11.5 Å². The maximum atomic E-state index is 14.4.